The van der Waals surface area contributed by atoms with Crippen LogP contribution in [0.1, 0.15) is 11.1 Å². The van der Waals surface area contributed by atoms with Gasteiger partial charge in [0.1, 0.15) is 5.82 Å². The molecule has 8 heteroatoms. The van der Waals surface area contributed by atoms with E-state index in [0.717, 1.165) is 22.7 Å². The van der Waals surface area contributed by atoms with E-state index in [9.17, 15) is 14.0 Å². The Labute approximate surface area is 164 Å². The van der Waals surface area contributed by atoms with Crippen LogP contribution >= 0.6 is 23.4 Å². The second-order valence-electron chi connectivity index (χ2n) is 5.59. The molecule has 2 aromatic carbocycles. The smallest absolute Gasteiger partial charge is 0.293 e. The summed E-state index contributed by atoms with van der Waals surface area (Å²) in [7, 11) is 3.01. The van der Waals surface area contributed by atoms with Gasteiger partial charge in [-0.3, -0.25) is 14.5 Å². The second kappa shape index (κ2) is 8.02. The maximum atomic E-state index is 13.2. The molecule has 0 unspecified atom stereocenters. The lowest BCUT2D eigenvalue weighted by Gasteiger charge is -2.13. The Morgan fingerprint density at radius 2 is 1.96 bits per heavy atom. The van der Waals surface area contributed by atoms with Crippen LogP contribution in [-0.2, 0) is 11.3 Å². The summed E-state index contributed by atoms with van der Waals surface area (Å²) in [6, 6.07) is 9.08. The van der Waals surface area contributed by atoms with Gasteiger partial charge in [-0.25, -0.2) is 4.39 Å². The number of thioether (sulfide) groups is 1. The summed E-state index contributed by atoms with van der Waals surface area (Å²) in [5.74, 6) is 0.0510. The van der Waals surface area contributed by atoms with Gasteiger partial charge in [0, 0.05) is 10.6 Å². The Hall–Kier alpha value is -2.51. The number of ether oxygens (including phenoxy) is 2. The Morgan fingerprint density at radius 3 is 2.63 bits per heavy atom. The number of carbonyl (C=O) groups is 2. The van der Waals surface area contributed by atoms with E-state index >= 15 is 0 Å². The normalized spacial score (nSPS) is 15.6. The second-order valence-corrected chi connectivity index (χ2v) is 6.99. The van der Waals surface area contributed by atoms with E-state index in [1.165, 1.54) is 26.4 Å². The average Bonchev–Trinajstić information content (AvgIpc) is 2.90. The Morgan fingerprint density at radius 1 is 1.19 bits per heavy atom. The number of amides is 2. The Kier molecular flexibility index (Phi) is 5.72. The molecule has 2 aromatic rings. The standard InChI is InChI=1S/C19H15ClFNO4S/c1-25-15-5-3-4-11(17(15)26-2)8-16-18(23)22(19(24)27-16)10-12-6-7-13(21)9-14(12)20/h3-9H,10H2,1-2H3/b16-8+. The van der Waals surface area contributed by atoms with Crippen molar-refractivity contribution in [2.75, 3.05) is 14.2 Å². The molecule has 0 atom stereocenters. The molecular formula is C19H15ClFNO4S. The number of hydrogen-bond acceptors (Lipinski definition) is 5. The molecule has 1 aliphatic rings. The highest BCUT2D eigenvalue weighted by atomic mass is 35.5. The molecule has 1 fully saturated rings. The predicted molar refractivity (Wildman–Crippen MR) is 102 cm³/mol. The van der Waals surface area contributed by atoms with E-state index in [2.05, 4.69) is 0 Å². The first-order valence-electron chi connectivity index (χ1n) is 7.85. The zero-order valence-electron chi connectivity index (χ0n) is 14.5. The number of imide groups is 1. The summed E-state index contributed by atoms with van der Waals surface area (Å²) in [4.78, 5) is 26.3. The quantitative estimate of drug-likeness (QED) is 0.670. The highest BCUT2D eigenvalue weighted by molar-refractivity contribution is 8.18. The van der Waals surface area contributed by atoms with Crippen LogP contribution in [0.2, 0.25) is 5.02 Å². The number of halogens is 2. The van der Waals surface area contributed by atoms with Gasteiger partial charge in [-0.15, -0.1) is 0 Å². The number of benzene rings is 2. The molecule has 2 amide bonds. The van der Waals surface area contributed by atoms with Crippen molar-refractivity contribution >= 4 is 40.6 Å². The molecule has 0 N–H and O–H groups in total. The van der Waals surface area contributed by atoms with E-state index in [1.54, 1.807) is 24.3 Å². The van der Waals surface area contributed by atoms with E-state index in [-0.39, 0.29) is 16.5 Å². The topological polar surface area (TPSA) is 55.8 Å². The van der Waals surface area contributed by atoms with E-state index in [0.29, 0.717) is 22.6 Å². The van der Waals surface area contributed by atoms with Crippen molar-refractivity contribution in [1.82, 2.24) is 4.90 Å². The summed E-state index contributed by atoms with van der Waals surface area (Å²) in [6.45, 7) is -0.0314. The maximum Gasteiger partial charge on any atom is 0.293 e. The average molecular weight is 408 g/mol. The summed E-state index contributed by atoms with van der Waals surface area (Å²) in [6.07, 6.45) is 1.58. The summed E-state index contributed by atoms with van der Waals surface area (Å²) >= 11 is 6.82. The summed E-state index contributed by atoms with van der Waals surface area (Å²) in [5.41, 5.74) is 1.10. The van der Waals surface area contributed by atoms with Crippen molar-refractivity contribution in [1.29, 1.82) is 0 Å². The van der Waals surface area contributed by atoms with Gasteiger partial charge in [0.2, 0.25) is 0 Å². The van der Waals surface area contributed by atoms with Crippen molar-refractivity contribution < 1.29 is 23.5 Å². The van der Waals surface area contributed by atoms with Gasteiger partial charge in [-0.2, -0.15) is 0 Å². The molecular weight excluding hydrogens is 393 g/mol. The van der Waals surface area contributed by atoms with Gasteiger partial charge in [0.25, 0.3) is 11.1 Å². The third-order valence-corrected chi connectivity index (χ3v) is 5.20. The molecule has 0 bridgehead atoms. The Bertz CT molecular complexity index is 947. The minimum absolute atomic E-state index is 0.0314. The number of nitrogens with zero attached hydrogens (tertiary/aromatic N) is 1. The van der Waals surface area contributed by atoms with Crippen LogP contribution in [0.4, 0.5) is 9.18 Å². The first-order valence-corrected chi connectivity index (χ1v) is 9.04. The van der Waals surface area contributed by atoms with Crippen LogP contribution in [0.3, 0.4) is 0 Å². The largest absolute Gasteiger partial charge is 0.493 e. The van der Waals surface area contributed by atoms with Crippen molar-refractivity contribution in [3.8, 4) is 11.5 Å². The van der Waals surface area contributed by atoms with Gasteiger partial charge in [0.05, 0.1) is 25.7 Å². The molecule has 1 aliphatic heterocycles. The third kappa shape index (κ3) is 3.94. The number of carbonyl (C=O) groups excluding carboxylic acids is 2. The number of para-hydroxylation sites is 1. The number of rotatable bonds is 5. The lowest BCUT2D eigenvalue weighted by molar-refractivity contribution is -0.123. The molecule has 0 aliphatic carbocycles. The van der Waals surface area contributed by atoms with Gasteiger partial charge < -0.3 is 9.47 Å². The van der Waals surface area contributed by atoms with Crippen LogP contribution < -0.4 is 9.47 Å². The third-order valence-electron chi connectivity index (χ3n) is 3.94. The predicted octanol–water partition coefficient (Wildman–Crippen LogP) is 4.73. The SMILES string of the molecule is COc1cccc(/C=C2/SC(=O)N(Cc3ccc(F)cc3Cl)C2=O)c1OC. The highest BCUT2D eigenvalue weighted by Crippen LogP contribution is 2.38. The minimum Gasteiger partial charge on any atom is -0.493 e. The monoisotopic (exact) mass is 407 g/mol. The van der Waals surface area contributed by atoms with Crippen LogP contribution in [0.15, 0.2) is 41.3 Å². The molecule has 140 valence electrons. The lowest BCUT2D eigenvalue weighted by atomic mass is 10.1. The molecule has 1 saturated heterocycles. The minimum atomic E-state index is -0.483. The fourth-order valence-electron chi connectivity index (χ4n) is 2.62. The molecule has 0 radical (unpaired) electrons. The van der Waals surface area contributed by atoms with E-state index < -0.39 is 17.0 Å². The van der Waals surface area contributed by atoms with Crippen molar-refractivity contribution in [3.63, 3.8) is 0 Å². The van der Waals surface area contributed by atoms with Gasteiger partial charge in [-0.05, 0) is 41.6 Å². The van der Waals surface area contributed by atoms with E-state index in [1.807, 2.05) is 0 Å². The summed E-state index contributed by atoms with van der Waals surface area (Å²) < 4.78 is 23.8. The fraction of sp³-hybridized carbons (Fsp3) is 0.158. The first kappa shape index (κ1) is 19.3. The first-order chi connectivity index (χ1) is 12.9. The lowest BCUT2D eigenvalue weighted by Crippen LogP contribution is -2.27. The van der Waals surface area contributed by atoms with Crippen LogP contribution in [0, 0.1) is 5.82 Å². The molecule has 0 aromatic heterocycles. The molecule has 27 heavy (non-hydrogen) atoms. The molecule has 0 saturated carbocycles. The maximum absolute atomic E-state index is 13.2. The van der Waals surface area contributed by atoms with Gasteiger partial charge in [0.15, 0.2) is 11.5 Å². The number of methoxy groups -OCH3 is 2. The fourth-order valence-corrected chi connectivity index (χ4v) is 3.68. The van der Waals surface area contributed by atoms with Gasteiger partial charge >= 0.3 is 0 Å². The molecule has 0 spiro atoms. The number of hydrogen-bond donors (Lipinski definition) is 0. The highest BCUT2D eigenvalue weighted by Gasteiger charge is 2.35. The van der Waals surface area contributed by atoms with Crippen LogP contribution in [0.5, 0.6) is 11.5 Å². The zero-order valence-corrected chi connectivity index (χ0v) is 16.1. The molecule has 1 heterocycles. The molecule has 5 nitrogen and oxygen atoms in total. The summed E-state index contributed by atoms with van der Waals surface area (Å²) in [5, 5.41) is -0.263. The van der Waals surface area contributed by atoms with Crippen LogP contribution in [0.25, 0.3) is 6.08 Å². The van der Waals surface area contributed by atoms with Gasteiger partial charge in [-0.1, -0.05) is 29.8 Å². The van der Waals surface area contributed by atoms with Crippen molar-refractivity contribution in [2.45, 2.75) is 6.54 Å². The van der Waals surface area contributed by atoms with Crippen molar-refractivity contribution in [3.05, 3.63) is 63.3 Å². The van der Waals surface area contributed by atoms with Crippen molar-refractivity contribution in [2.24, 2.45) is 0 Å². The molecule has 3 rings (SSSR count). The Balaban J connectivity index is 1.89. The zero-order chi connectivity index (χ0) is 19.6. The van der Waals surface area contributed by atoms with E-state index in [4.69, 9.17) is 21.1 Å². The van der Waals surface area contributed by atoms with Crippen LogP contribution in [-0.4, -0.2) is 30.3 Å².